The van der Waals surface area contributed by atoms with E-state index >= 15 is 0 Å². The van der Waals surface area contributed by atoms with Crippen LogP contribution in [0, 0.1) is 0 Å². The molecule has 1 aliphatic heterocycles. The highest BCUT2D eigenvalue weighted by Crippen LogP contribution is 2.19. The minimum Gasteiger partial charge on any atom is -0.492 e. The normalized spacial score (nSPS) is 14.1. The summed E-state index contributed by atoms with van der Waals surface area (Å²) in [4.78, 5) is 17.7. The number of hydrogen-bond acceptors (Lipinski definition) is 6. The Balaban J connectivity index is 1.07. The number of anilines is 1. The van der Waals surface area contributed by atoms with Gasteiger partial charge in [0.1, 0.15) is 18.7 Å². The molecule has 8 heteroatoms. The summed E-state index contributed by atoms with van der Waals surface area (Å²) in [6.45, 7) is 7.48. The zero-order valence-electron chi connectivity index (χ0n) is 21.1. The van der Waals surface area contributed by atoms with Gasteiger partial charge in [0, 0.05) is 51.5 Å². The van der Waals surface area contributed by atoms with Gasteiger partial charge in [0.05, 0.1) is 12.2 Å². The third-order valence-electron chi connectivity index (χ3n) is 6.64. The molecule has 0 unspecified atom stereocenters. The first-order valence-corrected chi connectivity index (χ1v) is 12.9. The van der Waals surface area contributed by atoms with Crippen LogP contribution in [-0.2, 0) is 13.1 Å². The summed E-state index contributed by atoms with van der Waals surface area (Å²) in [7, 11) is 0. The van der Waals surface area contributed by atoms with E-state index in [-0.39, 0.29) is 5.69 Å². The van der Waals surface area contributed by atoms with Gasteiger partial charge in [-0.25, -0.2) is 14.0 Å². The SMILES string of the molecule is O=c1n(-c2ccc(N3CCN(Cc4ccccc4)CC3)cc2)cnn1CCNCCOc1ccccc1. The van der Waals surface area contributed by atoms with Crippen LogP contribution in [0.3, 0.4) is 0 Å². The predicted molar refractivity (Wildman–Crippen MR) is 147 cm³/mol. The van der Waals surface area contributed by atoms with Crippen LogP contribution >= 0.6 is 0 Å². The molecule has 37 heavy (non-hydrogen) atoms. The Kier molecular flexibility index (Phi) is 8.30. The molecule has 0 aliphatic carbocycles. The van der Waals surface area contributed by atoms with Crippen molar-refractivity contribution < 1.29 is 4.74 Å². The third kappa shape index (κ3) is 6.67. The molecule has 1 fully saturated rings. The molecule has 5 rings (SSSR count). The maximum atomic E-state index is 12.8. The molecule has 2 heterocycles. The lowest BCUT2D eigenvalue weighted by Gasteiger charge is -2.36. The number of rotatable bonds is 11. The van der Waals surface area contributed by atoms with E-state index in [1.54, 1.807) is 10.9 Å². The fourth-order valence-electron chi connectivity index (χ4n) is 4.57. The van der Waals surface area contributed by atoms with Crippen molar-refractivity contribution in [3.63, 3.8) is 0 Å². The molecule has 3 aromatic carbocycles. The second-order valence-corrected chi connectivity index (χ2v) is 9.18. The van der Waals surface area contributed by atoms with Gasteiger partial charge >= 0.3 is 5.69 Å². The molecule has 0 bridgehead atoms. The summed E-state index contributed by atoms with van der Waals surface area (Å²) in [6, 6.07) is 28.6. The molecule has 8 nitrogen and oxygen atoms in total. The van der Waals surface area contributed by atoms with E-state index in [1.165, 1.54) is 15.9 Å². The Morgan fingerprint density at radius 1 is 0.784 bits per heavy atom. The minimum absolute atomic E-state index is 0.135. The summed E-state index contributed by atoms with van der Waals surface area (Å²) in [5.41, 5.74) is 3.24. The summed E-state index contributed by atoms with van der Waals surface area (Å²) in [6.07, 6.45) is 1.60. The molecule has 0 spiro atoms. The predicted octanol–water partition coefficient (Wildman–Crippen LogP) is 3.02. The summed E-state index contributed by atoms with van der Waals surface area (Å²) < 4.78 is 8.76. The van der Waals surface area contributed by atoms with Gasteiger partial charge in [-0.3, -0.25) is 4.90 Å². The van der Waals surface area contributed by atoms with Crippen LogP contribution in [0.5, 0.6) is 5.75 Å². The molecule has 1 aromatic heterocycles. The van der Waals surface area contributed by atoms with Crippen molar-refractivity contribution in [1.82, 2.24) is 24.6 Å². The van der Waals surface area contributed by atoms with E-state index in [9.17, 15) is 4.79 Å². The van der Waals surface area contributed by atoms with Crippen LogP contribution in [0.4, 0.5) is 5.69 Å². The standard InChI is InChI=1S/C29H34N6O2/c36-29-34(24-31-35(29)17-15-30-16-22-37-28-9-5-2-6-10-28)27-13-11-26(12-14-27)33-20-18-32(19-21-33)23-25-7-3-1-4-8-25/h1-14,24,30H,15-23H2. The van der Waals surface area contributed by atoms with Crippen LogP contribution in [0.1, 0.15) is 5.56 Å². The van der Waals surface area contributed by atoms with E-state index < -0.39 is 0 Å². The smallest absolute Gasteiger partial charge is 0.350 e. The van der Waals surface area contributed by atoms with E-state index in [1.807, 2.05) is 42.5 Å². The topological polar surface area (TPSA) is 67.6 Å². The minimum atomic E-state index is -0.135. The van der Waals surface area contributed by atoms with Gasteiger partial charge in [-0.15, -0.1) is 0 Å². The van der Waals surface area contributed by atoms with Crippen molar-refractivity contribution in [2.24, 2.45) is 0 Å². The maximum absolute atomic E-state index is 12.8. The van der Waals surface area contributed by atoms with Gasteiger partial charge in [0.25, 0.3) is 0 Å². The van der Waals surface area contributed by atoms with Crippen molar-refractivity contribution in [3.8, 4) is 11.4 Å². The molecule has 192 valence electrons. The van der Waals surface area contributed by atoms with Gasteiger partial charge in [0.15, 0.2) is 0 Å². The average Bonchev–Trinajstić information content (AvgIpc) is 3.32. The molecule has 1 N–H and O–H groups in total. The van der Waals surface area contributed by atoms with Gasteiger partial charge in [-0.2, -0.15) is 5.10 Å². The number of nitrogens with one attached hydrogen (secondary N) is 1. The molecule has 0 radical (unpaired) electrons. The van der Waals surface area contributed by atoms with Crippen LogP contribution in [0.25, 0.3) is 5.69 Å². The average molecular weight is 499 g/mol. The van der Waals surface area contributed by atoms with E-state index in [4.69, 9.17) is 4.74 Å². The second kappa shape index (κ2) is 12.4. The Morgan fingerprint density at radius 3 is 2.19 bits per heavy atom. The highest BCUT2D eigenvalue weighted by molar-refractivity contribution is 5.51. The van der Waals surface area contributed by atoms with Gasteiger partial charge in [-0.05, 0) is 42.0 Å². The van der Waals surface area contributed by atoms with Gasteiger partial charge in [0.2, 0.25) is 0 Å². The van der Waals surface area contributed by atoms with E-state index in [0.717, 1.165) is 44.2 Å². The number of hydrogen-bond donors (Lipinski definition) is 1. The number of nitrogens with zero attached hydrogens (tertiary/aromatic N) is 5. The molecule has 0 atom stereocenters. The van der Waals surface area contributed by atoms with Crippen LogP contribution in [0.2, 0.25) is 0 Å². The lowest BCUT2D eigenvalue weighted by molar-refractivity contribution is 0.250. The number of aromatic nitrogens is 3. The van der Waals surface area contributed by atoms with Crippen molar-refractivity contribution in [2.75, 3.05) is 50.8 Å². The quantitative estimate of drug-likeness (QED) is 0.321. The lowest BCUT2D eigenvalue weighted by atomic mass is 10.2. The van der Waals surface area contributed by atoms with E-state index in [0.29, 0.717) is 26.2 Å². The number of ether oxygens (including phenoxy) is 1. The van der Waals surface area contributed by atoms with Gasteiger partial charge < -0.3 is 15.0 Å². The number of benzene rings is 3. The number of piperazine rings is 1. The third-order valence-corrected chi connectivity index (χ3v) is 6.64. The van der Waals surface area contributed by atoms with Crippen molar-refractivity contribution in [1.29, 1.82) is 0 Å². The summed E-state index contributed by atoms with van der Waals surface area (Å²) in [5.74, 6) is 0.857. The first-order chi connectivity index (χ1) is 18.3. The number of para-hydroxylation sites is 1. The highest BCUT2D eigenvalue weighted by Gasteiger charge is 2.17. The van der Waals surface area contributed by atoms with Crippen LogP contribution in [-0.4, -0.2) is 65.1 Å². The molecule has 4 aromatic rings. The monoisotopic (exact) mass is 498 g/mol. The largest absolute Gasteiger partial charge is 0.492 e. The van der Waals surface area contributed by atoms with Crippen molar-refractivity contribution in [3.05, 3.63) is 107 Å². The fourth-order valence-corrected chi connectivity index (χ4v) is 4.57. The Bertz CT molecular complexity index is 1280. The molecular formula is C29H34N6O2. The fraction of sp³-hybridized carbons (Fsp3) is 0.310. The van der Waals surface area contributed by atoms with Crippen LogP contribution < -0.4 is 20.6 Å². The second-order valence-electron chi connectivity index (χ2n) is 9.18. The first kappa shape index (κ1) is 24.8. The Labute approximate surface area is 217 Å². The zero-order valence-corrected chi connectivity index (χ0v) is 21.1. The summed E-state index contributed by atoms with van der Waals surface area (Å²) >= 11 is 0. The van der Waals surface area contributed by atoms with Crippen molar-refractivity contribution in [2.45, 2.75) is 13.1 Å². The highest BCUT2D eigenvalue weighted by atomic mass is 16.5. The molecular weight excluding hydrogens is 464 g/mol. The molecule has 0 saturated carbocycles. The van der Waals surface area contributed by atoms with Crippen LogP contribution in [0.15, 0.2) is 96.1 Å². The van der Waals surface area contributed by atoms with Gasteiger partial charge in [-0.1, -0.05) is 48.5 Å². The first-order valence-electron chi connectivity index (χ1n) is 12.9. The lowest BCUT2D eigenvalue weighted by Crippen LogP contribution is -2.45. The maximum Gasteiger partial charge on any atom is 0.350 e. The zero-order chi connectivity index (χ0) is 25.3. The molecule has 1 aliphatic rings. The molecule has 1 saturated heterocycles. The Hall–Kier alpha value is -3.88. The summed E-state index contributed by atoms with van der Waals surface area (Å²) in [5, 5.41) is 7.59. The van der Waals surface area contributed by atoms with Crippen molar-refractivity contribution >= 4 is 5.69 Å². The molecule has 0 amide bonds. The van der Waals surface area contributed by atoms with E-state index in [2.05, 4.69) is 62.7 Å². The Morgan fingerprint density at radius 2 is 1.46 bits per heavy atom.